The maximum absolute atomic E-state index is 12.7. The van der Waals surface area contributed by atoms with E-state index in [-0.39, 0.29) is 24.2 Å². The van der Waals surface area contributed by atoms with E-state index in [1.807, 2.05) is 0 Å². The smallest absolute Gasteiger partial charge is 0.255 e. The molecule has 0 aromatic heterocycles. The number of methoxy groups -OCH3 is 1. The summed E-state index contributed by atoms with van der Waals surface area (Å²) >= 11 is 12.3. The molecule has 0 spiro atoms. The SMILES string of the molecule is COc1ccc(C(=O)Nc2c(Cl)cccc2Cl)cc1OC1CC2CCC1O2. The van der Waals surface area contributed by atoms with E-state index in [1.165, 1.54) is 0 Å². The molecule has 2 aromatic rings. The van der Waals surface area contributed by atoms with Crippen LogP contribution >= 0.6 is 23.2 Å². The van der Waals surface area contributed by atoms with Crippen LogP contribution in [-0.4, -0.2) is 31.3 Å². The molecule has 2 heterocycles. The van der Waals surface area contributed by atoms with E-state index in [0.29, 0.717) is 32.8 Å². The molecule has 3 unspecified atom stereocenters. The van der Waals surface area contributed by atoms with Gasteiger partial charge in [0.15, 0.2) is 11.5 Å². The molecule has 2 aromatic carbocycles. The Labute approximate surface area is 167 Å². The lowest BCUT2D eigenvalue weighted by molar-refractivity contribution is 0.0629. The van der Waals surface area contributed by atoms with Crippen molar-refractivity contribution in [2.24, 2.45) is 0 Å². The normalized spacial score (nSPS) is 23.3. The van der Waals surface area contributed by atoms with Crippen molar-refractivity contribution in [1.82, 2.24) is 0 Å². The summed E-state index contributed by atoms with van der Waals surface area (Å²) in [5.74, 6) is 0.767. The van der Waals surface area contributed by atoms with Crippen LogP contribution in [0.4, 0.5) is 5.69 Å². The maximum atomic E-state index is 12.7. The van der Waals surface area contributed by atoms with Gasteiger partial charge in [0.25, 0.3) is 5.91 Å². The van der Waals surface area contributed by atoms with Gasteiger partial charge in [-0.05, 0) is 43.2 Å². The molecule has 3 atom stereocenters. The van der Waals surface area contributed by atoms with Gasteiger partial charge in [0, 0.05) is 12.0 Å². The van der Waals surface area contributed by atoms with Crippen LogP contribution in [0.15, 0.2) is 36.4 Å². The Bertz CT molecular complexity index is 853. The summed E-state index contributed by atoms with van der Waals surface area (Å²) in [7, 11) is 1.57. The van der Waals surface area contributed by atoms with Gasteiger partial charge >= 0.3 is 0 Å². The first-order chi connectivity index (χ1) is 13.0. The summed E-state index contributed by atoms with van der Waals surface area (Å²) in [5.41, 5.74) is 0.802. The molecule has 2 bridgehead atoms. The highest BCUT2D eigenvalue weighted by atomic mass is 35.5. The van der Waals surface area contributed by atoms with Crippen LogP contribution in [0, 0.1) is 0 Å². The molecule has 1 amide bonds. The summed E-state index contributed by atoms with van der Waals surface area (Å²) in [6, 6.07) is 10.1. The third-order valence-electron chi connectivity index (χ3n) is 4.96. The summed E-state index contributed by atoms with van der Waals surface area (Å²) in [5, 5.41) is 3.51. The minimum absolute atomic E-state index is 0.0195. The summed E-state index contributed by atoms with van der Waals surface area (Å²) in [6.45, 7) is 0. The topological polar surface area (TPSA) is 56.8 Å². The fourth-order valence-corrected chi connectivity index (χ4v) is 4.08. The second-order valence-corrected chi connectivity index (χ2v) is 7.50. The number of amides is 1. The summed E-state index contributed by atoms with van der Waals surface area (Å²) in [4.78, 5) is 12.7. The number of para-hydroxylation sites is 1. The van der Waals surface area contributed by atoms with Gasteiger partial charge in [-0.15, -0.1) is 0 Å². The zero-order valence-electron chi connectivity index (χ0n) is 14.7. The molecule has 5 nitrogen and oxygen atoms in total. The van der Waals surface area contributed by atoms with Crippen LogP contribution in [0.3, 0.4) is 0 Å². The highest BCUT2D eigenvalue weighted by molar-refractivity contribution is 6.40. The van der Waals surface area contributed by atoms with E-state index in [2.05, 4.69) is 5.32 Å². The van der Waals surface area contributed by atoms with Crippen LogP contribution in [0.25, 0.3) is 0 Å². The van der Waals surface area contributed by atoms with Gasteiger partial charge in [-0.25, -0.2) is 0 Å². The van der Waals surface area contributed by atoms with E-state index in [4.69, 9.17) is 37.4 Å². The molecule has 2 fully saturated rings. The molecular weight excluding hydrogens is 389 g/mol. The number of nitrogens with one attached hydrogen (secondary N) is 1. The first-order valence-corrected chi connectivity index (χ1v) is 9.56. The highest BCUT2D eigenvalue weighted by Crippen LogP contribution is 2.39. The number of hydrogen-bond acceptors (Lipinski definition) is 4. The average Bonchev–Trinajstić information content (AvgIpc) is 3.28. The zero-order chi connectivity index (χ0) is 19.0. The molecule has 2 saturated heterocycles. The predicted octanol–water partition coefficient (Wildman–Crippen LogP) is 4.95. The number of hydrogen-bond donors (Lipinski definition) is 1. The van der Waals surface area contributed by atoms with Gasteiger partial charge in [0.05, 0.1) is 35.1 Å². The molecule has 2 aliphatic heterocycles. The predicted molar refractivity (Wildman–Crippen MR) is 104 cm³/mol. The van der Waals surface area contributed by atoms with E-state index in [1.54, 1.807) is 43.5 Å². The Balaban J connectivity index is 1.55. The van der Waals surface area contributed by atoms with Crippen molar-refractivity contribution < 1.29 is 19.0 Å². The van der Waals surface area contributed by atoms with Crippen LogP contribution < -0.4 is 14.8 Å². The van der Waals surface area contributed by atoms with Crippen molar-refractivity contribution in [2.45, 2.75) is 37.6 Å². The molecule has 4 rings (SSSR count). The van der Waals surface area contributed by atoms with Gasteiger partial charge < -0.3 is 19.5 Å². The first-order valence-electron chi connectivity index (χ1n) is 8.80. The van der Waals surface area contributed by atoms with Crippen molar-refractivity contribution in [3.63, 3.8) is 0 Å². The molecule has 27 heavy (non-hydrogen) atoms. The number of halogens is 2. The minimum atomic E-state index is -0.332. The zero-order valence-corrected chi connectivity index (χ0v) is 16.2. The van der Waals surface area contributed by atoms with Gasteiger partial charge in [0.1, 0.15) is 6.10 Å². The fraction of sp³-hybridized carbons (Fsp3) is 0.350. The molecule has 0 saturated carbocycles. The van der Waals surface area contributed by atoms with Crippen LogP contribution in [0.5, 0.6) is 11.5 Å². The summed E-state index contributed by atoms with van der Waals surface area (Å²) < 4.78 is 17.4. The van der Waals surface area contributed by atoms with Crippen molar-refractivity contribution in [2.75, 3.05) is 12.4 Å². The standard InChI is InChI=1S/C20H19Cl2NO4/c1-25-15-7-5-11(20(24)23-19-13(21)3-2-4-14(19)22)9-17(15)27-18-10-12-6-8-16(18)26-12/h2-5,7,9,12,16,18H,6,8,10H2,1H3,(H,23,24). The third-order valence-corrected chi connectivity index (χ3v) is 5.59. The molecule has 0 radical (unpaired) electrons. The summed E-state index contributed by atoms with van der Waals surface area (Å²) in [6.07, 6.45) is 3.32. The first kappa shape index (κ1) is 18.4. The monoisotopic (exact) mass is 407 g/mol. The Morgan fingerprint density at radius 2 is 1.93 bits per heavy atom. The van der Waals surface area contributed by atoms with Gasteiger partial charge in [-0.2, -0.15) is 0 Å². The van der Waals surface area contributed by atoms with Crippen LogP contribution in [0.2, 0.25) is 10.0 Å². The quantitative estimate of drug-likeness (QED) is 0.761. The van der Waals surface area contributed by atoms with E-state index in [0.717, 1.165) is 19.3 Å². The fourth-order valence-electron chi connectivity index (χ4n) is 3.59. The second kappa shape index (κ2) is 7.58. The molecule has 2 aliphatic rings. The second-order valence-electron chi connectivity index (χ2n) is 6.68. The molecule has 1 N–H and O–H groups in total. The van der Waals surface area contributed by atoms with Crippen LogP contribution in [0.1, 0.15) is 29.6 Å². The highest BCUT2D eigenvalue weighted by Gasteiger charge is 2.42. The number of ether oxygens (including phenoxy) is 3. The molecular formula is C20H19Cl2NO4. The molecule has 142 valence electrons. The Hall–Kier alpha value is -1.95. The number of anilines is 1. The van der Waals surface area contributed by atoms with Crippen LogP contribution in [-0.2, 0) is 4.74 Å². The number of carbonyl (C=O) groups is 1. The third kappa shape index (κ3) is 3.72. The van der Waals surface area contributed by atoms with Crippen molar-refractivity contribution in [3.05, 3.63) is 52.0 Å². The van der Waals surface area contributed by atoms with Gasteiger partial charge in [-0.3, -0.25) is 4.79 Å². The van der Waals surface area contributed by atoms with Crippen molar-refractivity contribution in [3.8, 4) is 11.5 Å². The number of benzene rings is 2. The van der Waals surface area contributed by atoms with E-state index in [9.17, 15) is 4.79 Å². The minimum Gasteiger partial charge on any atom is -0.493 e. The van der Waals surface area contributed by atoms with Crippen molar-refractivity contribution in [1.29, 1.82) is 0 Å². The molecule has 7 heteroatoms. The van der Waals surface area contributed by atoms with Gasteiger partial charge in [-0.1, -0.05) is 29.3 Å². The maximum Gasteiger partial charge on any atom is 0.255 e. The number of fused-ring (bicyclic) bond motifs is 2. The number of rotatable bonds is 5. The molecule has 0 aliphatic carbocycles. The van der Waals surface area contributed by atoms with Crippen molar-refractivity contribution >= 4 is 34.8 Å². The lowest BCUT2D eigenvalue weighted by Crippen LogP contribution is -2.28. The van der Waals surface area contributed by atoms with Gasteiger partial charge in [0.2, 0.25) is 0 Å². The lowest BCUT2D eigenvalue weighted by Gasteiger charge is -2.22. The van der Waals surface area contributed by atoms with E-state index >= 15 is 0 Å². The van der Waals surface area contributed by atoms with E-state index < -0.39 is 0 Å². The Morgan fingerprint density at radius 3 is 2.56 bits per heavy atom. The largest absolute Gasteiger partial charge is 0.493 e. The Morgan fingerprint density at radius 1 is 1.15 bits per heavy atom. The number of carbonyl (C=O) groups excluding carboxylic acids is 1. The lowest BCUT2D eigenvalue weighted by atomic mass is 9.98. The Kier molecular flexibility index (Phi) is 5.17. The average molecular weight is 408 g/mol.